The molecule has 0 spiro atoms. The summed E-state index contributed by atoms with van der Waals surface area (Å²) in [4.78, 5) is 23.1. The second-order valence-electron chi connectivity index (χ2n) is 4.56. The number of nitro groups is 1. The van der Waals surface area contributed by atoms with Gasteiger partial charge in [0.15, 0.2) is 0 Å². The van der Waals surface area contributed by atoms with Crippen molar-refractivity contribution < 1.29 is 14.8 Å². The number of nitriles is 2. The average Bonchev–Trinajstić information content (AvgIpc) is 2.95. The van der Waals surface area contributed by atoms with Crippen molar-refractivity contribution in [2.24, 2.45) is 0 Å². The Morgan fingerprint density at radius 2 is 2.00 bits per heavy atom. The van der Waals surface area contributed by atoms with Crippen molar-refractivity contribution in [1.29, 1.82) is 10.5 Å². The predicted molar refractivity (Wildman–Crippen MR) is 70.5 cm³/mol. The highest BCUT2D eigenvalue weighted by Gasteiger charge is 2.35. The van der Waals surface area contributed by atoms with Gasteiger partial charge in [-0.15, -0.1) is 0 Å². The van der Waals surface area contributed by atoms with Gasteiger partial charge >= 0.3 is 5.97 Å². The highest BCUT2D eigenvalue weighted by Crippen LogP contribution is 2.35. The Morgan fingerprint density at radius 1 is 1.38 bits per heavy atom. The first-order valence-electron chi connectivity index (χ1n) is 6.11. The van der Waals surface area contributed by atoms with Crippen molar-refractivity contribution in [3.63, 3.8) is 0 Å². The van der Waals surface area contributed by atoms with E-state index in [1.54, 1.807) is 12.1 Å². The standard InChI is InChI=1S/C13H10N4O4/c14-6-8-4-11(12(17(20)21)5-9(8)7-15)16-3-1-2-10(16)13(18)19/h4-5,10H,1-3H2,(H,18,19). The van der Waals surface area contributed by atoms with Crippen LogP contribution in [0.5, 0.6) is 0 Å². The molecule has 1 aliphatic rings. The van der Waals surface area contributed by atoms with Gasteiger partial charge in [-0.3, -0.25) is 10.1 Å². The van der Waals surface area contributed by atoms with Crippen molar-refractivity contribution in [2.45, 2.75) is 18.9 Å². The summed E-state index contributed by atoms with van der Waals surface area (Å²) in [5.74, 6) is -1.07. The van der Waals surface area contributed by atoms with Gasteiger partial charge in [-0.1, -0.05) is 0 Å². The topological polar surface area (TPSA) is 131 Å². The van der Waals surface area contributed by atoms with Gasteiger partial charge in [0.25, 0.3) is 5.69 Å². The fourth-order valence-electron chi connectivity index (χ4n) is 2.45. The van der Waals surface area contributed by atoms with Crippen LogP contribution in [0.2, 0.25) is 0 Å². The Labute approximate surface area is 119 Å². The molecule has 1 saturated heterocycles. The molecule has 1 atom stereocenters. The SMILES string of the molecule is N#Cc1cc(N2CCCC2C(=O)O)c([N+](=O)[O-])cc1C#N. The Bertz CT molecular complexity index is 701. The van der Waals surface area contributed by atoms with E-state index >= 15 is 0 Å². The zero-order valence-corrected chi connectivity index (χ0v) is 10.8. The molecule has 1 aromatic rings. The monoisotopic (exact) mass is 286 g/mol. The van der Waals surface area contributed by atoms with E-state index in [1.165, 1.54) is 11.0 Å². The third-order valence-corrected chi connectivity index (χ3v) is 3.40. The normalized spacial score (nSPS) is 17.0. The third-order valence-electron chi connectivity index (χ3n) is 3.40. The van der Waals surface area contributed by atoms with Gasteiger partial charge in [-0.25, -0.2) is 4.79 Å². The first-order chi connectivity index (χ1) is 9.99. The summed E-state index contributed by atoms with van der Waals surface area (Å²) < 4.78 is 0. The molecule has 1 aliphatic heterocycles. The smallest absolute Gasteiger partial charge is 0.326 e. The van der Waals surface area contributed by atoms with Crippen LogP contribution < -0.4 is 4.90 Å². The van der Waals surface area contributed by atoms with E-state index in [9.17, 15) is 20.0 Å². The molecule has 0 radical (unpaired) electrons. The molecule has 1 unspecified atom stereocenters. The molecular weight excluding hydrogens is 276 g/mol. The van der Waals surface area contributed by atoms with Gasteiger partial charge < -0.3 is 10.0 Å². The number of carbonyl (C=O) groups is 1. The number of nitro benzene ring substituents is 1. The summed E-state index contributed by atoms with van der Waals surface area (Å²) >= 11 is 0. The predicted octanol–water partition coefficient (Wildman–Crippen LogP) is 1.39. The number of benzene rings is 1. The van der Waals surface area contributed by atoms with Crippen LogP contribution in [0.3, 0.4) is 0 Å². The number of carboxylic acids is 1. The van der Waals surface area contributed by atoms with Crippen molar-refractivity contribution in [2.75, 3.05) is 11.4 Å². The second kappa shape index (κ2) is 5.47. The second-order valence-corrected chi connectivity index (χ2v) is 4.56. The number of hydrogen-bond acceptors (Lipinski definition) is 6. The minimum atomic E-state index is -1.07. The van der Waals surface area contributed by atoms with E-state index in [2.05, 4.69) is 0 Å². The summed E-state index contributed by atoms with van der Waals surface area (Å²) in [6.07, 6.45) is 0.977. The fraction of sp³-hybridized carbons (Fsp3) is 0.308. The molecule has 21 heavy (non-hydrogen) atoms. The van der Waals surface area contributed by atoms with E-state index in [4.69, 9.17) is 10.5 Å². The Balaban J connectivity index is 2.62. The van der Waals surface area contributed by atoms with E-state index in [-0.39, 0.29) is 22.5 Å². The molecule has 0 saturated carbocycles. The lowest BCUT2D eigenvalue weighted by Gasteiger charge is -2.23. The maximum absolute atomic E-state index is 11.2. The first kappa shape index (κ1) is 14.3. The van der Waals surface area contributed by atoms with Gasteiger partial charge in [0.05, 0.1) is 16.1 Å². The Kier molecular flexibility index (Phi) is 3.72. The van der Waals surface area contributed by atoms with Crippen LogP contribution in [0.15, 0.2) is 12.1 Å². The largest absolute Gasteiger partial charge is 0.480 e. The van der Waals surface area contributed by atoms with Gasteiger partial charge in [-0.2, -0.15) is 10.5 Å². The lowest BCUT2D eigenvalue weighted by Crippen LogP contribution is -2.36. The summed E-state index contributed by atoms with van der Waals surface area (Å²) in [6.45, 7) is 0.356. The zero-order chi connectivity index (χ0) is 15.6. The molecule has 1 heterocycles. The number of rotatable bonds is 3. The Morgan fingerprint density at radius 3 is 2.52 bits per heavy atom. The van der Waals surface area contributed by atoms with E-state index in [0.29, 0.717) is 19.4 Å². The molecule has 1 aromatic carbocycles. The minimum absolute atomic E-state index is 0.00543. The third kappa shape index (κ3) is 2.47. The van der Waals surface area contributed by atoms with Crippen LogP contribution in [-0.2, 0) is 4.79 Å². The fourth-order valence-corrected chi connectivity index (χ4v) is 2.45. The van der Waals surface area contributed by atoms with Crippen molar-refractivity contribution in [3.8, 4) is 12.1 Å². The molecule has 1 fully saturated rings. The van der Waals surface area contributed by atoms with Gasteiger partial charge in [0.1, 0.15) is 23.9 Å². The van der Waals surface area contributed by atoms with E-state index in [0.717, 1.165) is 6.07 Å². The van der Waals surface area contributed by atoms with Crippen molar-refractivity contribution in [1.82, 2.24) is 0 Å². The number of anilines is 1. The Hall–Kier alpha value is -3.13. The number of hydrogen-bond donors (Lipinski definition) is 1. The van der Waals surface area contributed by atoms with Gasteiger partial charge in [0.2, 0.25) is 0 Å². The molecular formula is C13H10N4O4. The van der Waals surface area contributed by atoms with Crippen molar-refractivity contribution in [3.05, 3.63) is 33.4 Å². The first-order valence-corrected chi connectivity index (χ1v) is 6.11. The molecule has 8 heteroatoms. The summed E-state index contributed by atoms with van der Waals surface area (Å²) in [6, 6.07) is 4.91. The molecule has 106 valence electrons. The van der Waals surface area contributed by atoms with E-state index in [1.807, 2.05) is 0 Å². The molecule has 0 aromatic heterocycles. The zero-order valence-electron chi connectivity index (χ0n) is 10.8. The van der Waals surface area contributed by atoms with Crippen LogP contribution in [0.25, 0.3) is 0 Å². The van der Waals surface area contributed by atoms with Gasteiger partial charge in [0, 0.05) is 12.6 Å². The molecule has 0 aliphatic carbocycles. The molecule has 0 amide bonds. The van der Waals surface area contributed by atoms with Crippen molar-refractivity contribution >= 4 is 17.3 Å². The summed E-state index contributed by atoms with van der Waals surface area (Å²) in [7, 11) is 0. The number of carboxylic acid groups (broad SMARTS) is 1. The maximum atomic E-state index is 11.2. The lowest BCUT2D eigenvalue weighted by molar-refractivity contribution is -0.384. The van der Waals surface area contributed by atoms with Crippen LogP contribution in [-0.4, -0.2) is 28.6 Å². The molecule has 0 bridgehead atoms. The minimum Gasteiger partial charge on any atom is -0.480 e. The van der Waals surface area contributed by atoms with Gasteiger partial charge in [-0.05, 0) is 18.9 Å². The highest BCUT2D eigenvalue weighted by molar-refractivity contribution is 5.82. The summed E-state index contributed by atoms with van der Waals surface area (Å²) in [5.41, 5.74) is -0.396. The van der Waals surface area contributed by atoms with E-state index < -0.39 is 16.9 Å². The average molecular weight is 286 g/mol. The van der Waals surface area contributed by atoms with Crippen LogP contribution in [0.1, 0.15) is 24.0 Å². The quantitative estimate of drug-likeness (QED) is 0.655. The molecule has 8 nitrogen and oxygen atoms in total. The van der Waals surface area contributed by atoms with Crippen LogP contribution in [0, 0.1) is 32.8 Å². The number of aliphatic carboxylic acids is 1. The maximum Gasteiger partial charge on any atom is 0.326 e. The van der Waals surface area contributed by atoms with Crippen LogP contribution in [0.4, 0.5) is 11.4 Å². The van der Waals surface area contributed by atoms with Crippen LogP contribution >= 0.6 is 0 Å². The summed E-state index contributed by atoms with van der Waals surface area (Å²) in [5, 5.41) is 38.3. The highest BCUT2D eigenvalue weighted by atomic mass is 16.6. The molecule has 2 rings (SSSR count). The number of nitrogens with zero attached hydrogens (tertiary/aromatic N) is 4. The molecule has 1 N–H and O–H groups in total. The lowest BCUT2D eigenvalue weighted by atomic mass is 10.1.